The normalized spacial score (nSPS) is 10.7. The van der Waals surface area contributed by atoms with Gasteiger partial charge in [-0.3, -0.25) is 4.98 Å². The fourth-order valence-electron chi connectivity index (χ4n) is 1.75. The molecule has 0 spiro atoms. The Labute approximate surface area is 128 Å². The van der Waals surface area contributed by atoms with Crippen LogP contribution in [0.2, 0.25) is 0 Å². The van der Waals surface area contributed by atoms with Crippen LogP contribution in [0.3, 0.4) is 0 Å². The average molecular weight is 379 g/mol. The first-order valence-corrected chi connectivity index (χ1v) is 7.01. The van der Waals surface area contributed by atoms with Crippen molar-refractivity contribution in [1.82, 2.24) is 15.1 Å². The van der Waals surface area contributed by atoms with E-state index in [0.29, 0.717) is 23.7 Å². The number of hydrogen-bond donors (Lipinski definition) is 1. The van der Waals surface area contributed by atoms with Gasteiger partial charge in [0, 0.05) is 17.5 Å². The number of phenolic OH excluding ortho intramolecular Hbond substituents is 1. The Morgan fingerprint density at radius 3 is 2.85 bits per heavy atom. The van der Waals surface area contributed by atoms with Crippen LogP contribution in [-0.4, -0.2) is 20.2 Å². The first-order valence-electron chi connectivity index (χ1n) is 5.94. The lowest BCUT2D eigenvalue weighted by molar-refractivity contribution is 0.423. The van der Waals surface area contributed by atoms with Gasteiger partial charge >= 0.3 is 0 Å². The van der Waals surface area contributed by atoms with Crippen molar-refractivity contribution in [3.05, 3.63) is 57.7 Å². The average Bonchev–Trinajstić information content (AvgIpc) is 2.91. The molecule has 1 aromatic carbocycles. The lowest BCUT2D eigenvalue weighted by Crippen LogP contribution is -1.93. The summed E-state index contributed by atoms with van der Waals surface area (Å²) < 4.78 is 5.99. The number of benzene rings is 1. The summed E-state index contributed by atoms with van der Waals surface area (Å²) in [7, 11) is 0. The minimum atomic E-state index is 0.201. The maximum atomic E-state index is 9.70. The largest absolute Gasteiger partial charge is 0.507 e. The van der Waals surface area contributed by atoms with Crippen molar-refractivity contribution in [2.45, 2.75) is 6.42 Å². The van der Waals surface area contributed by atoms with Crippen LogP contribution >= 0.6 is 22.6 Å². The molecule has 20 heavy (non-hydrogen) atoms. The van der Waals surface area contributed by atoms with Gasteiger partial charge in [0.2, 0.25) is 0 Å². The number of hydrogen-bond acceptors (Lipinski definition) is 5. The highest BCUT2D eigenvalue weighted by molar-refractivity contribution is 14.1. The second-order valence-electron chi connectivity index (χ2n) is 4.18. The summed E-state index contributed by atoms with van der Waals surface area (Å²) in [6.45, 7) is 0. The topological polar surface area (TPSA) is 72.0 Å². The molecule has 6 heteroatoms. The van der Waals surface area contributed by atoms with Crippen LogP contribution < -0.4 is 0 Å². The molecule has 0 saturated heterocycles. The molecule has 0 unspecified atom stereocenters. The highest BCUT2D eigenvalue weighted by atomic mass is 127. The molecule has 2 heterocycles. The highest BCUT2D eigenvalue weighted by Crippen LogP contribution is 2.26. The number of pyridine rings is 1. The van der Waals surface area contributed by atoms with Crippen molar-refractivity contribution < 1.29 is 9.63 Å². The van der Waals surface area contributed by atoms with Crippen LogP contribution in [0.15, 0.2) is 47.1 Å². The van der Waals surface area contributed by atoms with E-state index in [2.05, 4.69) is 37.7 Å². The van der Waals surface area contributed by atoms with Crippen molar-refractivity contribution in [2.24, 2.45) is 0 Å². The third kappa shape index (κ3) is 2.79. The number of phenols is 1. The first kappa shape index (κ1) is 13.0. The van der Waals surface area contributed by atoms with Gasteiger partial charge in [-0.25, -0.2) is 0 Å². The monoisotopic (exact) mass is 379 g/mol. The van der Waals surface area contributed by atoms with Crippen LogP contribution in [-0.2, 0) is 6.42 Å². The molecule has 100 valence electrons. The zero-order valence-electron chi connectivity index (χ0n) is 10.3. The Bertz CT molecular complexity index is 728. The summed E-state index contributed by atoms with van der Waals surface area (Å²) in [5.74, 6) is 1.16. The quantitative estimate of drug-likeness (QED) is 0.709. The zero-order chi connectivity index (χ0) is 13.9. The minimum absolute atomic E-state index is 0.201. The number of nitrogens with zero attached hydrogens (tertiary/aromatic N) is 3. The number of aromatic nitrogens is 3. The molecule has 0 atom stereocenters. The summed E-state index contributed by atoms with van der Waals surface area (Å²) in [6.07, 6.45) is 2.24. The first-order chi connectivity index (χ1) is 9.72. The standard InChI is InChI=1S/C14H10IN3O2/c15-11-5-4-9(7-12(11)19)14-17-13(18-20-14)8-10-3-1-2-6-16-10/h1-7,19H,8H2. The van der Waals surface area contributed by atoms with E-state index in [-0.39, 0.29) is 5.75 Å². The summed E-state index contributed by atoms with van der Waals surface area (Å²) in [4.78, 5) is 8.53. The molecule has 0 bridgehead atoms. The Kier molecular flexibility index (Phi) is 3.64. The maximum absolute atomic E-state index is 9.70. The van der Waals surface area contributed by atoms with E-state index in [1.165, 1.54) is 0 Å². The number of aromatic hydroxyl groups is 1. The molecule has 0 aliphatic carbocycles. The van der Waals surface area contributed by atoms with Crippen molar-refractivity contribution in [3.8, 4) is 17.2 Å². The lowest BCUT2D eigenvalue weighted by atomic mass is 10.2. The molecule has 1 N–H and O–H groups in total. The van der Waals surface area contributed by atoms with Gasteiger partial charge in [0.25, 0.3) is 5.89 Å². The molecule has 5 nitrogen and oxygen atoms in total. The zero-order valence-corrected chi connectivity index (χ0v) is 12.5. The van der Waals surface area contributed by atoms with E-state index >= 15 is 0 Å². The molecule has 0 amide bonds. The van der Waals surface area contributed by atoms with Crippen molar-refractivity contribution in [2.75, 3.05) is 0 Å². The summed E-state index contributed by atoms with van der Waals surface area (Å²) in [5.41, 5.74) is 1.58. The van der Waals surface area contributed by atoms with E-state index in [1.54, 1.807) is 18.3 Å². The van der Waals surface area contributed by atoms with Gasteiger partial charge in [0.05, 0.1) is 9.99 Å². The molecule has 0 radical (unpaired) electrons. The summed E-state index contributed by atoms with van der Waals surface area (Å²) >= 11 is 2.06. The van der Waals surface area contributed by atoms with Crippen LogP contribution in [0.5, 0.6) is 5.75 Å². The van der Waals surface area contributed by atoms with Crippen LogP contribution in [0.4, 0.5) is 0 Å². The fourth-order valence-corrected chi connectivity index (χ4v) is 2.09. The lowest BCUT2D eigenvalue weighted by Gasteiger charge is -1.98. The van der Waals surface area contributed by atoms with E-state index in [0.717, 1.165) is 9.26 Å². The SMILES string of the molecule is Oc1cc(-c2nc(Cc3ccccn3)no2)ccc1I. The molecule has 0 fully saturated rings. The van der Waals surface area contributed by atoms with E-state index in [1.807, 2.05) is 24.3 Å². The molecule has 0 saturated carbocycles. The Balaban J connectivity index is 1.84. The van der Waals surface area contributed by atoms with Gasteiger partial charge in [-0.05, 0) is 52.9 Å². The van der Waals surface area contributed by atoms with E-state index < -0.39 is 0 Å². The maximum Gasteiger partial charge on any atom is 0.258 e. The number of halogens is 1. The second-order valence-corrected chi connectivity index (χ2v) is 5.34. The predicted octanol–water partition coefficient (Wildman–Crippen LogP) is 3.03. The van der Waals surface area contributed by atoms with Gasteiger partial charge in [0.15, 0.2) is 5.82 Å². The van der Waals surface area contributed by atoms with Crippen LogP contribution in [0.25, 0.3) is 11.5 Å². The summed E-state index contributed by atoms with van der Waals surface area (Å²) in [5, 5.41) is 13.6. The number of rotatable bonds is 3. The molecule has 3 aromatic rings. The second kappa shape index (κ2) is 5.58. The molecule has 0 aliphatic rings. The Morgan fingerprint density at radius 1 is 1.20 bits per heavy atom. The highest BCUT2D eigenvalue weighted by Gasteiger charge is 2.11. The van der Waals surface area contributed by atoms with Gasteiger partial charge in [-0.1, -0.05) is 11.2 Å². The molecular weight excluding hydrogens is 369 g/mol. The van der Waals surface area contributed by atoms with Gasteiger partial charge < -0.3 is 9.63 Å². The Morgan fingerprint density at radius 2 is 2.10 bits per heavy atom. The van der Waals surface area contributed by atoms with Crippen molar-refractivity contribution in [1.29, 1.82) is 0 Å². The van der Waals surface area contributed by atoms with Crippen molar-refractivity contribution >= 4 is 22.6 Å². The van der Waals surface area contributed by atoms with Crippen LogP contribution in [0.1, 0.15) is 11.5 Å². The smallest absolute Gasteiger partial charge is 0.258 e. The summed E-state index contributed by atoms with van der Waals surface area (Å²) in [6, 6.07) is 10.9. The molecule has 0 aliphatic heterocycles. The van der Waals surface area contributed by atoms with Gasteiger partial charge in [-0.15, -0.1) is 0 Å². The molecular formula is C14H10IN3O2. The third-order valence-electron chi connectivity index (χ3n) is 2.73. The van der Waals surface area contributed by atoms with Gasteiger partial charge in [-0.2, -0.15) is 4.98 Å². The van der Waals surface area contributed by atoms with E-state index in [9.17, 15) is 5.11 Å². The van der Waals surface area contributed by atoms with E-state index in [4.69, 9.17) is 4.52 Å². The predicted molar refractivity (Wildman–Crippen MR) is 81.2 cm³/mol. The minimum Gasteiger partial charge on any atom is -0.507 e. The fraction of sp³-hybridized carbons (Fsp3) is 0.0714. The Hall–Kier alpha value is -1.96. The van der Waals surface area contributed by atoms with Crippen molar-refractivity contribution in [3.63, 3.8) is 0 Å². The third-order valence-corrected chi connectivity index (χ3v) is 3.64. The van der Waals surface area contributed by atoms with Crippen LogP contribution in [0, 0.1) is 3.57 Å². The molecule has 3 rings (SSSR count). The van der Waals surface area contributed by atoms with Gasteiger partial charge in [0.1, 0.15) is 5.75 Å². The molecule has 2 aromatic heterocycles.